The van der Waals surface area contributed by atoms with E-state index in [0.29, 0.717) is 5.15 Å². The van der Waals surface area contributed by atoms with E-state index in [2.05, 4.69) is 15.5 Å². The fourth-order valence-electron chi connectivity index (χ4n) is 2.38. The van der Waals surface area contributed by atoms with Crippen LogP contribution in [0.3, 0.4) is 0 Å². The second-order valence-corrected chi connectivity index (χ2v) is 5.26. The largest absolute Gasteiger partial charge is 0.368 e. The third-order valence-electron chi connectivity index (χ3n) is 3.71. The molecule has 1 aromatic heterocycles. The normalized spacial score (nSPS) is 15.6. The summed E-state index contributed by atoms with van der Waals surface area (Å²) >= 11 is 6.04. The Bertz CT molecular complexity index is 552. The van der Waals surface area contributed by atoms with E-state index in [1.807, 2.05) is 24.3 Å². The molecule has 94 valence electrons. The van der Waals surface area contributed by atoms with Gasteiger partial charge in [-0.15, -0.1) is 10.2 Å². The molecule has 1 aliphatic rings. The Morgan fingerprint density at radius 2 is 1.94 bits per heavy atom. The average Bonchev–Trinajstić information content (AvgIpc) is 2.35. The van der Waals surface area contributed by atoms with Gasteiger partial charge in [-0.3, -0.25) is 0 Å². The topological polar surface area (TPSA) is 37.8 Å². The number of nitrogens with zero attached hydrogens (tertiary/aromatic N) is 2. The van der Waals surface area contributed by atoms with Crippen molar-refractivity contribution >= 4 is 28.2 Å². The minimum absolute atomic E-state index is 0.468. The quantitative estimate of drug-likeness (QED) is 0.907. The highest BCUT2D eigenvalue weighted by Crippen LogP contribution is 2.30. The van der Waals surface area contributed by atoms with Gasteiger partial charge in [0, 0.05) is 17.3 Å². The minimum Gasteiger partial charge on any atom is -0.368 e. The first-order valence-electron chi connectivity index (χ1n) is 6.49. The van der Waals surface area contributed by atoms with Crippen molar-refractivity contribution in [2.45, 2.75) is 25.7 Å². The minimum atomic E-state index is 0.468. The highest BCUT2D eigenvalue weighted by Gasteiger charge is 2.16. The van der Waals surface area contributed by atoms with Crippen LogP contribution in [0.2, 0.25) is 5.15 Å². The number of halogens is 1. The first-order valence-corrected chi connectivity index (χ1v) is 6.87. The maximum absolute atomic E-state index is 6.04. The van der Waals surface area contributed by atoms with Crippen molar-refractivity contribution in [2.75, 3.05) is 11.9 Å². The molecule has 0 amide bonds. The molecule has 0 bridgehead atoms. The van der Waals surface area contributed by atoms with E-state index in [0.717, 1.165) is 29.1 Å². The van der Waals surface area contributed by atoms with Crippen LogP contribution in [0.25, 0.3) is 10.8 Å². The van der Waals surface area contributed by atoms with Crippen molar-refractivity contribution in [3.05, 3.63) is 29.4 Å². The Balaban J connectivity index is 1.76. The van der Waals surface area contributed by atoms with Crippen molar-refractivity contribution in [2.24, 2.45) is 5.92 Å². The summed E-state index contributed by atoms with van der Waals surface area (Å²) in [5, 5.41) is 14.0. The molecule has 3 nitrogen and oxygen atoms in total. The molecule has 1 N–H and O–H groups in total. The van der Waals surface area contributed by atoms with E-state index in [4.69, 9.17) is 11.6 Å². The Labute approximate surface area is 112 Å². The molecule has 1 saturated carbocycles. The van der Waals surface area contributed by atoms with Gasteiger partial charge >= 0.3 is 0 Å². The lowest BCUT2D eigenvalue weighted by atomic mass is 9.83. The predicted molar refractivity (Wildman–Crippen MR) is 75.0 cm³/mol. The molecule has 1 aliphatic carbocycles. The van der Waals surface area contributed by atoms with Gasteiger partial charge in [-0.2, -0.15) is 0 Å². The van der Waals surface area contributed by atoms with Crippen LogP contribution in [0.4, 0.5) is 5.82 Å². The van der Waals surface area contributed by atoms with Gasteiger partial charge in [0.2, 0.25) is 0 Å². The monoisotopic (exact) mass is 261 g/mol. The van der Waals surface area contributed by atoms with Crippen molar-refractivity contribution < 1.29 is 0 Å². The summed E-state index contributed by atoms with van der Waals surface area (Å²) in [4.78, 5) is 0. The van der Waals surface area contributed by atoms with Gasteiger partial charge in [0.05, 0.1) is 0 Å². The van der Waals surface area contributed by atoms with Crippen molar-refractivity contribution in [1.82, 2.24) is 10.2 Å². The second-order valence-electron chi connectivity index (χ2n) is 4.90. The summed E-state index contributed by atoms with van der Waals surface area (Å²) < 4.78 is 0. The molecule has 3 rings (SSSR count). The number of benzene rings is 1. The molecule has 18 heavy (non-hydrogen) atoms. The van der Waals surface area contributed by atoms with Crippen LogP contribution < -0.4 is 5.32 Å². The second kappa shape index (κ2) is 5.11. The number of aromatic nitrogens is 2. The molecule has 0 saturated heterocycles. The lowest BCUT2D eigenvalue weighted by molar-refractivity contribution is 0.303. The number of nitrogens with one attached hydrogen (secondary N) is 1. The van der Waals surface area contributed by atoms with E-state index in [9.17, 15) is 0 Å². The van der Waals surface area contributed by atoms with Crippen LogP contribution >= 0.6 is 11.6 Å². The maximum Gasteiger partial charge on any atom is 0.159 e. The zero-order valence-electron chi connectivity index (χ0n) is 10.2. The van der Waals surface area contributed by atoms with E-state index in [-0.39, 0.29) is 0 Å². The van der Waals surface area contributed by atoms with Crippen LogP contribution in [0.5, 0.6) is 0 Å². The van der Waals surface area contributed by atoms with Crippen LogP contribution in [-0.4, -0.2) is 16.7 Å². The number of rotatable bonds is 4. The highest BCUT2D eigenvalue weighted by atomic mass is 35.5. The summed E-state index contributed by atoms with van der Waals surface area (Å²) in [7, 11) is 0. The van der Waals surface area contributed by atoms with Crippen LogP contribution in [0.1, 0.15) is 25.7 Å². The summed E-state index contributed by atoms with van der Waals surface area (Å²) in [6.45, 7) is 0.963. The molecule has 4 heteroatoms. The molecule has 1 heterocycles. The van der Waals surface area contributed by atoms with E-state index < -0.39 is 0 Å². The SMILES string of the molecule is Clc1nnc(NCCC2CCC2)c2ccccc12. The van der Waals surface area contributed by atoms with Crippen LogP contribution in [-0.2, 0) is 0 Å². The predicted octanol–water partition coefficient (Wildman–Crippen LogP) is 3.89. The number of fused-ring (bicyclic) bond motifs is 1. The summed E-state index contributed by atoms with van der Waals surface area (Å²) in [6, 6.07) is 7.97. The standard InChI is InChI=1S/C14H16ClN3/c15-13-11-6-1-2-7-12(11)14(18-17-13)16-9-8-10-4-3-5-10/h1-2,6-7,10H,3-5,8-9H2,(H,16,18). The smallest absolute Gasteiger partial charge is 0.159 e. The van der Waals surface area contributed by atoms with Gasteiger partial charge in [0.25, 0.3) is 0 Å². The van der Waals surface area contributed by atoms with Gasteiger partial charge in [0.15, 0.2) is 11.0 Å². The van der Waals surface area contributed by atoms with Crippen LogP contribution in [0, 0.1) is 5.92 Å². The number of hydrogen-bond donors (Lipinski definition) is 1. The third-order valence-corrected chi connectivity index (χ3v) is 3.99. The van der Waals surface area contributed by atoms with Gasteiger partial charge in [-0.05, 0) is 12.3 Å². The first-order chi connectivity index (χ1) is 8.84. The molecule has 0 aliphatic heterocycles. The lowest BCUT2D eigenvalue weighted by Gasteiger charge is -2.25. The van der Waals surface area contributed by atoms with E-state index >= 15 is 0 Å². The Kier molecular flexibility index (Phi) is 3.33. The number of anilines is 1. The zero-order valence-corrected chi connectivity index (χ0v) is 11.0. The first kappa shape index (κ1) is 11.7. The molecule has 0 radical (unpaired) electrons. The number of hydrogen-bond acceptors (Lipinski definition) is 3. The van der Waals surface area contributed by atoms with E-state index in [1.54, 1.807) is 0 Å². The summed E-state index contributed by atoms with van der Waals surface area (Å²) in [5.74, 6) is 1.75. The highest BCUT2D eigenvalue weighted by molar-refractivity contribution is 6.34. The Hall–Kier alpha value is -1.35. The molecular formula is C14H16ClN3. The third kappa shape index (κ3) is 2.27. The van der Waals surface area contributed by atoms with Gasteiger partial charge in [0.1, 0.15) is 0 Å². The summed E-state index contributed by atoms with van der Waals surface area (Å²) in [5.41, 5.74) is 0. The molecule has 1 aromatic carbocycles. The molecular weight excluding hydrogens is 246 g/mol. The lowest BCUT2D eigenvalue weighted by Crippen LogP contribution is -2.16. The van der Waals surface area contributed by atoms with Gasteiger partial charge in [-0.25, -0.2) is 0 Å². The average molecular weight is 262 g/mol. The fraction of sp³-hybridized carbons (Fsp3) is 0.429. The fourth-order valence-corrected chi connectivity index (χ4v) is 2.58. The molecule has 2 aromatic rings. The van der Waals surface area contributed by atoms with Crippen molar-refractivity contribution in [3.8, 4) is 0 Å². The van der Waals surface area contributed by atoms with Crippen LogP contribution in [0.15, 0.2) is 24.3 Å². The van der Waals surface area contributed by atoms with E-state index in [1.165, 1.54) is 25.7 Å². The van der Waals surface area contributed by atoms with Gasteiger partial charge in [-0.1, -0.05) is 55.1 Å². The Morgan fingerprint density at radius 1 is 1.17 bits per heavy atom. The Morgan fingerprint density at radius 3 is 2.67 bits per heavy atom. The molecule has 0 unspecified atom stereocenters. The zero-order chi connectivity index (χ0) is 12.4. The van der Waals surface area contributed by atoms with Crippen molar-refractivity contribution in [1.29, 1.82) is 0 Å². The van der Waals surface area contributed by atoms with Gasteiger partial charge < -0.3 is 5.32 Å². The summed E-state index contributed by atoms with van der Waals surface area (Å²) in [6.07, 6.45) is 5.39. The molecule has 0 atom stereocenters. The van der Waals surface area contributed by atoms with Crippen molar-refractivity contribution in [3.63, 3.8) is 0 Å². The maximum atomic E-state index is 6.04. The molecule has 0 spiro atoms. The molecule has 1 fully saturated rings.